The monoisotopic (exact) mass is 969 g/mol. The molecule has 3 N–H and O–H groups in total. The van der Waals surface area contributed by atoms with E-state index < -0.39 is 150 Å². The highest BCUT2D eigenvalue weighted by molar-refractivity contribution is 5.89. The summed E-state index contributed by atoms with van der Waals surface area (Å²) in [7, 11) is 3.61. The van der Waals surface area contributed by atoms with Crippen LogP contribution >= 0.6 is 0 Å². The van der Waals surface area contributed by atoms with Gasteiger partial charge in [0.25, 0.3) is 19.5 Å². The van der Waals surface area contributed by atoms with Gasteiger partial charge >= 0.3 is 17.7 Å². The largest absolute Gasteiger partial charge is 0.354 e. The van der Waals surface area contributed by atoms with Gasteiger partial charge in [0.2, 0.25) is 0 Å². The summed E-state index contributed by atoms with van der Waals surface area (Å²) < 4.78 is 263. The molecule has 0 saturated carbocycles. The van der Waals surface area contributed by atoms with E-state index in [0.29, 0.717) is 22.1 Å². The van der Waals surface area contributed by atoms with Crippen LogP contribution in [0.3, 0.4) is 0 Å². The highest BCUT2D eigenvalue weighted by atomic mass is 16.2. The lowest BCUT2D eigenvalue weighted by Gasteiger charge is -2.41. The molecule has 3 amide bonds. The van der Waals surface area contributed by atoms with Gasteiger partial charge in [0.15, 0.2) is 0 Å². The van der Waals surface area contributed by atoms with Gasteiger partial charge in [-0.05, 0) is 55.0 Å². The molecule has 0 aromatic carbocycles. The Morgan fingerprint density at radius 1 is 0.623 bits per heavy atom. The highest BCUT2D eigenvalue weighted by Crippen LogP contribution is 2.31. The van der Waals surface area contributed by atoms with Crippen molar-refractivity contribution in [2.75, 3.05) is 94.3 Å². The predicted octanol–water partition coefficient (Wildman–Crippen LogP) is 4.65. The SMILES string of the molecule is [2H]C([2H])([N+]#[C-])C(=O)N1C([2H])([2H])[C@H](N(C)c2ncnc3[nH]ccc23)[C@H](C([2H])([2H])[2H])C([2H])([2H])C1([2H])[2H].[2H]C([2H])([N+]#[C-])C(=O)N1C([2H])([2H])[C@H](N(C)c2ncnc3[nH]ccc23)[C@]([2H])(C([2H])([2H])[2H])C([2H])([2H])C1([2H])[2H].[2H]C([2H])([N+]#[C-])C(=O)N1C([2H])([2H])[C@H](N(C)c2ncnc3[nH]ccc23)[C@]([2H])(C)C([2H])([2H])C1([2H])[2H]. The second-order valence-electron chi connectivity index (χ2n) is 14.2. The molecule has 0 unspecified atom stereocenters. The highest BCUT2D eigenvalue weighted by Gasteiger charge is 2.36. The van der Waals surface area contributed by atoms with Crippen LogP contribution in [-0.2, 0) is 14.4 Å². The van der Waals surface area contributed by atoms with Crippen molar-refractivity contribution < 1.29 is 58.2 Å². The van der Waals surface area contributed by atoms with Crippen LogP contribution in [0.4, 0.5) is 17.5 Å². The van der Waals surface area contributed by atoms with Gasteiger partial charge in [-0.1, -0.05) is 20.6 Å². The Labute approximate surface area is 446 Å². The summed E-state index contributed by atoms with van der Waals surface area (Å²) in [6.07, 6.45) is -2.63. The van der Waals surface area contributed by atoms with Crippen LogP contribution in [-0.4, -0.2) is 175 Å². The summed E-state index contributed by atoms with van der Waals surface area (Å²) in [4.78, 5) is 80.6. The van der Waals surface area contributed by atoms with Crippen LogP contribution in [0.15, 0.2) is 55.8 Å². The number of nitrogens with one attached hydrogen (secondary N) is 3. The molecule has 6 aromatic rings. The Kier molecular flexibility index (Phi) is 7.27. The minimum absolute atomic E-state index is 0.0341. The molecule has 6 aromatic heterocycles. The van der Waals surface area contributed by atoms with Crippen LogP contribution in [0, 0.1) is 37.4 Å². The second-order valence-corrected chi connectivity index (χ2v) is 14.2. The molecule has 0 aliphatic carbocycles. The van der Waals surface area contributed by atoms with E-state index in [1.54, 1.807) is 12.3 Å². The van der Waals surface area contributed by atoms with Gasteiger partial charge in [0, 0.05) is 106 Å². The maximum absolute atomic E-state index is 12.9. The van der Waals surface area contributed by atoms with Crippen LogP contribution in [0.2, 0.25) is 0 Å². The fourth-order valence-corrected chi connectivity index (χ4v) is 6.70. The lowest BCUT2D eigenvalue weighted by molar-refractivity contribution is -0.131. The zero-order chi connectivity index (χ0) is 77.6. The fourth-order valence-electron chi connectivity index (χ4n) is 6.70. The number of likely N-dealkylation sites (tertiary alicyclic amines) is 3. The van der Waals surface area contributed by atoms with Gasteiger partial charge in [-0.25, -0.2) is 49.6 Å². The number of hydrogen-bond acceptors (Lipinski definition) is 12. The molecule has 360 valence electrons. The first kappa shape index (κ1) is 22.5. The number of carbonyl (C=O) groups excluding carboxylic acids is 3. The van der Waals surface area contributed by atoms with Gasteiger partial charge in [-0.2, -0.15) is 0 Å². The van der Waals surface area contributed by atoms with E-state index >= 15 is 0 Å². The van der Waals surface area contributed by atoms with Crippen LogP contribution in [0.25, 0.3) is 47.6 Å². The zero-order valence-corrected chi connectivity index (χ0v) is 36.4. The minimum Gasteiger partial charge on any atom is -0.354 e. The van der Waals surface area contributed by atoms with Crippen LogP contribution in [0.5, 0.6) is 0 Å². The summed E-state index contributed by atoms with van der Waals surface area (Å²) in [5.41, 5.74) is 0.910. The first-order valence-corrected chi connectivity index (χ1v) is 19.7. The van der Waals surface area contributed by atoms with Crippen molar-refractivity contribution in [3.8, 4) is 0 Å². The van der Waals surface area contributed by atoms with Crippen molar-refractivity contribution in [3.63, 3.8) is 0 Å². The lowest BCUT2D eigenvalue weighted by Crippen LogP contribution is -2.53. The van der Waals surface area contributed by atoms with E-state index in [1.165, 1.54) is 44.9 Å². The Morgan fingerprint density at radius 3 is 1.38 bits per heavy atom. The smallest absolute Gasteiger partial charge is 0.302 e. The number of likely N-dealkylation sites (N-methyl/N-ethyl adjacent to an activating group) is 3. The molecular formula is C48H60N18O3. The number of nitrogens with zero attached hydrogens (tertiary/aromatic N) is 15. The van der Waals surface area contributed by atoms with Gasteiger partial charge < -0.3 is 58.9 Å². The quantitative estimate of drug-likeness (QED) is 0.169. The third kappa shape index (κ3) is 11.0. The third-order valence-electron chi connectivity index (χ3n) is 10.0. The van der Waals surface area contributed by atoms with Crippen molar-refractivity contribution in [2.45, 2.75) is 57.9 Å². The topological polar surface area (TPSA) is 208 Å². The van der Waals surface area contributed by atoms with Crippen molar-refractivity contribution >= 4 is 68.3 Å². The van der Waals surface area contributed by atoms with Crippen molar-refractivity contribution in [3.05, 3.63) is 90.0 Å². The Balaban J connectivity index is 0.000000213. The molecule has 3 saturated heterocycles. The standard InChI is InChI=1S/3C16H20N6O/c3*1-11-5-7-22(14(23)8-17-2)9-13(11)21(3)16-12-4-6-18-15(12)19-10-20-16/h3*4,6,10-11,13H,5,7-9H2,1,3H3,(H,18,19,20)/t3*11-,13+/m111/s1/i1D3,5D2,7D2,8D2,9D2,11D;5D2,7D2,8D2,9D2,11D;1D3,5D2,7D2,8D2,9D2. The number of piperidine rings is 3. The Hall–Kier alpha value is -7.86. The second kappa shape index (κ2) is 22.3. The molecular weight excluding hydrogens is 877 g/mol. The normalized spacial score (nSPS) is 37.7. The summed E-state index contributed by atoms with van der Waals surface area (Å²) in [5.74, 6) is -14.5. The average molecular weight is 969 g/mol. The number of aromatic amines is 3. The maximum Gasteiger partial charge on any atom is 0.302 e. The number of amides is 3. The Morgan fingerprint density at radius 2 is 0.986 bits per heavy atom. The lowest BCUT2D eigenvalue weighted by atomic mass is 9.92. The van der Waals surface area contributed by atoms with E-state index in [0.717, 1.165) is 41.3 Å². The van der Waals surface area contributed by atoms with Gasteiger partial charge in [-0.15, -0.1) is 0 Å². The first-order valence-electron chi connectivity index (χ1n) is 35.7. The van der Waals surface area contributed by atoms with E-state index in [4.69, 9.17) is 63.6 Å². The van der Waals surface area contributed by atoms with E-state index in [2.05, 4.69) is 59.4 Å². The fraction of sp³-hybridized carbons (Fsp3) is 0.500. The first-order chi connectivity index (χ1) is 45.5. The molecule has 21 heteroatoms. The molecule has 0 bridgehead atoms. The number of fused-ring (bicyclic) bond motifs is 3. The summed E-state index contributed by atoms with van der Waals surface area (Å²) in [5, 5.41) is 0.945. The Bertz CT molecular complexity index is 4320. The molecule has 0 radical (unpaired) electrons. The van der Waals surface area contributed by atoms with E-state index in [-0.39, 0.29) is 38.3 Å². The molecule has 9 rings (SSSR count). The number of hydrogen-bond donors (Lipinski definition) is 3. The molecule has 21 nitrogen and oxygen atoms in total. The van der Waals surface area contributed by atoms with Gasteiger partial charge in [0.1, 0.15) is 61.6 Å². The third-order valence-corrected chi connectivity index (χ3v) is 10.0. The number of anilines is 3. The maximum atomic E-state index is 12.9. The van der Waals surface area contributed by atoms with Crippen LogP contribution < -0.4 is 14.7 Å². The number of aromatic nitrogens is 9. The van der Waals surface area contributed by atoms with Crippen molar-refractivity contribution in [1.29, 1.82) is 0 Å². The van der Waals surface area contributed by atoms with Crippen molar-refractivity contribution in [1.82, 2.24) is 59.6 Å². The zero-order valence-electron chi connectivity index (χ0n) is 68.4. The van der Waals surface area contributed by atoms with Crippen molar-refractivity contribution in [2.24, 2.45) is 17.7 Å². The van der Waals surface area contributed by atoms with Crippen LogP contribution in [0.1, 0.15) is 83.6 Å². The molecule has 9 heterocycles. The molecule has 3 fully saturated rings. The number of H-pyrrole nitrogens is 3. The molecule has 3 aliphatic heterocycles. The van der Waals surface area contributed by atoms with E-state index in [1.807, 2.05) is 0 Å². The average Bonchev–Trinajstić information content (AvgIpc) is 1.02. The van der Waals surface area contributed by atoms with Gasteiger partial charge in [0.05, 0.1) is 42.5 Å². The summed E-state index contributed by atoms with van der Waals surface area (Å²) in [6.45, 7) is -16.4. The molecule has 69 heavy (non-hydrogen) atoms. The van der Waals surface area contributed by atoms with E-state index in [9.17, 15) is 14.4 Å². The molecule has 3 aliphatic rings. The predicted molar refractivity (Wildman–Crippen MR) is 264 cm³/mol. The number of rotatable bonds is 9. The van der Waals surface area contributed by atoms with Gasteiger partial charge in [-0.3, -0.25) is 14.4 Å². The number of carbonyl (C=O) groups is 3. The minimum atomic E-state index is -3.87. The summed E-state index contributed by atoms with van der Waals surface area (Å²) >= 11 is 0. The summed E-state index contributed by atoms with van der Waals surface area (Å²) in [6, 6.07) is -1.88. The molecule has 0 spiro atoms. The molecule has 6 atom stereocenters.